The second-order valence-electron chi connectivity index (χ2n) is 3.92. The Morgan fingerprint density at radius 3 is 2.61 bits per heavy atom. The van der Waals surface area contributed by atoms with E-state index in [1.54, 1.807) is 6.07 Å². The van der Waals surface area contributed by atoms with E-state index >= 15 is 0 Å². The Balaban J connectivity index is 1.80. The van der Waals surface area contributed by atoms with Gasteiger partial charge in [-0.2, -0.15) is 0 Å². The zero-order valence-electron chi connectivity index (χ0n) is 9.63. The van der Waals surface area contributed by atoms with Crippen LogP contribution in [-0.4, -0.2) is 11.9 Å². The topological polar surface area (TPSA) is 47.9 Å². The van der Waals surface area contributed by atoms with Crippen molar-refractivity contribution in [3.63, 3.8) is 0 Å². The summed E-state index contributed by atoms with van der Waals surface area (Å²) in [4.78, 5) is 0. The fourth-order valence-electron chi connectivity index (χ4n) is 1.81. The molecule has 4 heteroatoms. The molecule has 0 aromatic heterocycles. The van der Waals surface area contributed by atoms with Gasteiger partial charge in [0.25, 0.3) is 0 Å². The Kier molecular flexibility index (Phi) is 2.68. The Labute approximate surface area is 104 Å². The van der Waals surface area contributed by atoms with Crippen molar-refractivity contribution in [2.24, 2.45) is 0 Å². The standard InChI is InChI=1S/C14H12O4/c15-11-6-7-12(14-13(11)17-9-18-14)16-8-10-4-2-1-3-5-10/h1-7,15H,8-9H2. The maximum absolute atomic E-state index is 9.58. The van der Waals surface area contributed by atoms with E-state index < -0.39 is 0 Å². The summed E-state index contributed by atoms with van der Waals surface area (Å²) in [7, 11) is 0. The van der Waals surface area contributed by atoms with Crippen LogP contribution >= 0.6 is 0 Å². The minimum Gasteiger partial charge on any atom is -0.504 e. The minimum absolute atomic E-state index is 0.0644. The predicted octanol–water partition coefficient (Wildman–Crippen LogP) is 2.70. The number of aromatic hydroxyl groups is 1. The van der Waals surface area contributed by atoms with E-state index in [4.69, 9.17) is 14.2 Å². The quantitative estimate of drug-likeness (QED) is 0.901. The Morgan fingerprint density at radius 1 is 1.00 bits per heavy atom. The second kappa shape index (κ2) is 4.49. The van der Waals surface area contributed by atoms with Gasteiger partial charge in [0.15, 0.2) is 11.5 Å². The van der Waals surface area contributed by atoms with Crippen molar-refractivity contribution in [1.82, 2.24) is 0 Å². The first-order valence-corrected chi connectivity index (χ1v) is 5.63. The molecule has 0 fully saturated rings. The third-order valence-corrected chi connectivity index (χ3v) is 2.70. The molecule has 0 aliphatic carbocycles. The number of phenolic OH excluding ortho intramolecular Hbond substituents is 1. The average molecular weight is 244 g/mol. The maximum Gasteiger partial charge on any atom is 0.231 e. The third kappa shape index (κ3) is 1.93. The Bertz CT molecular complexity index is 551. The summed E-state index contributed by atoms with van der Waals surface area (Å²) in [5, 5.41) is 9.58. The lowest BCUT2D eigenvalue weighted by Crippen LogP contribution is -1.97. The molecule has 1 aliphatic heterocycles. The smallest absolute Gasteiger partial charge is 0.231 e. The number of phenols is 1. The molecule has 92 valence electrons. The van der Waals surface area contributed by atoms with Gasteiger partial charge in [0.2, 0.25) is 18.3 Å². The van der Waals surface area contributed by atoms with Crippen molar-refractivity contribution >= 4 is 0 Å². The van der Waals surface area contributed by atoms with E-state index in [1.807, 2.05) is 30.3 Å². The number of ether oxygens (including phenoxy) is 3. The number of hydrogen-bond donors (Lipinski definition) is 1. The van der Waals surface area contributed by atoms with Gasteiger partial charge >= 0.3 is 0 Å². The molecule has 0 atom stereocenters. The normalized spacial score (nSPS) is 12.4. The summed E-state index contributed by atoms with van der Waals surface area (Å²) in [6.07, 6.45) is 0. The zero-order valence-corrected chi connectivity index (χ0v) is 9.63. The maximum atomic E-state index is 9.58. The first-order valence-electron chi connectivity index (χ1n) is 5.63. The molecular weight excluding hydrogens is 232 g/mol. The molecule has 4 nitrogen and oxygen atoms in total. The van der Waals surface area contributed by atoms with Crippen LogP contribution < -0.4 is 14.2 Å². The van der Waals surface area contributed by atoms with Gasteiger partial charge in [-0.25, -0.2) is 0 Å². The van der Waals surface area contributed by atoms with Crippen molar-refractivity contribution < 1.29 is 19.3 Å². The molecule has 3 rings (SSSR count). The molecule has 0 bridgehead atoms. The highest BCUT2D eigenvalue weighted by atomic mass is 16.7. The van der Waals surface area contributed by atoms with E-state index in [0.717, 1.165) is 5.56 Å². The predicted molar refractivity (Wildman–Crippen MR) is 65.0 cm³/mol. The zero-order chi connectivity index (χ0) is 12.4. The van der Waals surface area contributed by atoms with Crippen LogP contribution in [0, 0.1) is 0 Å². The van der Waals surface area contributed by atoms with E-state index in [2.05, 4.69) is 0 Å². The summed E-state index contributed by atoms with van der Waals surface area (Å²) in [5.41, 5.74) is 1.07. The van der Waals surface area contributed by atoms with E-state index in [-0.39, 0.29) is 12.5 Å². The molecule has 0 unspecified atom stereocenters. The van der Waals surface area contributed by atoms with Crippen molar-refractivity contribution in [1.29, 1.82) is 0 Å². The number of fused-ring (bicyclic) bond motifs is 1. The first kappa shape index (κ1) is 10.8. The van der Waals surface area contributed by atoms with Gasteiger partial charge in [0.1, 0.15) is 6.61 Å². The first-order chi connectivity index (χ1) is 8.84. The van der Waals surface area contributed by atoms with Gasteiger partial charge in [-0.15, -0.1) is 0 Å². The van der Waals surface area contributed by atoms with Crippen LogP contribution in [0.5, 0.6) is 23.0 Å². The van der Waals surface area contributed by atoms with Gasteiger partial charge in [-0.3, -0.25) is 0 Å². The van der Waals surface area contributed by atoms with Crippen molar-refractivity contribution in [3.8, 4) is 23.0 Å². The Hall–Kier alpha value is -2.36. The fourth-order valence-corrected chi connectivity index (χ4v) is 1.81. The van der Waals surface area contributed by atoms with Crippen molar-refractivity contribution in [2.75, 3.05) is 6.79 Å². The number of rotatable bonds is 3. The summed E-state index contributed by atoms with van der Waals surface area (Å²) < 4.78 is 16.1. The molecule has 0 radical (unpaired) electrons. The highest BCUT2D eigenvalue weighted by molar-refractivity contribution is 5.59. The SMILES string of the molecule is Oc1ccc(OCc2ccccc2)c2c1OCO2. The van der Waals surface area contributed by atoms with Gasteiger partial charge in [-0.05, 0) is 17.7 Å². The molecule has 1 aliphatic rings. The minimum atomic E-state index is 0.0644. The van der Waals surface area contributed by atoms with Crippen LogP contribution in [0.2, 0.25) is 0 Å². The lowest BCUT2D eigenvalue weighted by molar-refractivity contribution is 0.167. The van der Waals surface area contributed by atoms with E-state index in [1.165, 1.54) is 6.07 Å². The monoisotopic (exact) mass is 244 g/mol. The van der Waals surface area contributed by atoms with Crippen LogP contribution in [0.4, 0.5) is 0 Å². The van der Waals surface area contributed by atoms with Crippen molar-refractivity contribution in [3.05, 3.63) is 48.0 Å². The molecule has 2 aromatic carbocycles. The molecule has 1 N–H and O–H groups in total. The molecule has 18 heavy (non-hydrogen) atoms. The molecule has 0 spiro atoms. The summed E-state index contributed by atoms with van der Waals surface area (Å²) in [6, 6.07) is 13.0. The lowest BCUT2D eigenvalue weighted by atomic mass is 10.2. The average Bonchev–Trinajstić information content (AvgIpc) is 2.90. The highest BCUT2D eigenvalue weighted by Crippen LogP contribution is 2.46. The summed E-state index contributed by atoms with van der Waals surface area (Å²) in [5.74, 6) is 1.45. The summed E-state index contributed by atoms with van der Waals surface area (Å²) in [6.45, 7) is 0.552. The van der Waals surface area contributed by atoms with Crippen molar-refractivity contribution in [2.45, 2.75) is 6.61 Å². The van der Waals surface area contributed by atoms with E-state index in [9.17, 15) is 5.11 Å². The molecule has 0 saturated carbocycles. The van der Waals surface area contributed by atoms with E-state index in [0.29, 0.717) is 23.9 Å². The van der Waals surface area contributed by atoms with Gasteiger partial charge in [0, 0.05) is 0 Å². The van der Waals surface area contributed by atoms with Gasteiger partial charge in [0.05, 0.1) is 0 Å². The molecule has 1 heterocycles. The third-order valence-electron chi connectivity index (χ3n) is 2.70. The largest absolute Gasteiger partial charge is 0.504 e. The lowest BCUT2D eigenvalue weighted by Gasteiger charge is -2.09. The molecular formula is C14H12O4. The second-order valence-corrected chi connectivity index (χ2v) is 3.92. The number of benzene rings is 2. The van der Waals surface area contributed by atoms with Gasteiger partial charge in [-0.1, -0.05) is 30.3 Å². The van der Waals surface area contributed by atoms with Crippen LogP contribution in [0.1, 0.15) is 5.56 Å². The Morgan fingerprint density at radius 2 is 1.78 bits per heavy atom. The van der Waals surface area contributed by atoms with Crippen LogP contribution in [0.25, 0.3) is 0 Å². The van der Waals surface area contributed by atoms with Crippen LogP contribution in [0.3, 0.4) is 0 Å². The van der Waals surface area contributed by atoms with Crippen LogP contribution in [0.15, 0.2) is 42.5 Å². The molecule has 0 amide bonds. The highest BCUT2D eigenvalue weighted by Gasteiger charge is 2.22. The fraction of sp³-hybridized carbons (Fsp3) is 0.143. The molecule has 2 aromatic rings. The summed E-state index contributed by atoms with van der Waals surface area (Å²) >= 11 is 0. The van der Waals surface area contributed by atoms with Gasteiger partial charge < -0.3 is 19.3 Å². The van der Waals surface area contributed by atoms with Crippen LogP contribution in [-0.2, 0) is 6.61 Å². The molecule has 0 saturated heterocycles. The number of hydrogen-bond acceptors (Lipinski definition) is 4.